The van der Waals surface area contributed by atoms with E-state index in [2.05, 4.69) is 15.3 Å². The molecule has 3 heterocycles. The number of nitrogens with one attached hydrogen (secondary N) is 1. The van der Waals surface area contributed by atoms with E-state index in [1.165, 1.54) is 0 Å². The molecule has 0 aromatic carbocycles. The third-order valence-electron chi connectivity index (χ3n) is 3.80. The summed E-state index contributed by atoms with van der Waals surface area (Å²) >= 11 is 0. The lowest BCUT2D eigenvalue weighted by Gasteiger charge is -2.25. The van der Waals surface area contributed by atoms with Crippen LogP contribution in [-0.4, -0.2) is 33.9 Å². The maximum absolute atomic E-state index is 12.0. The van der Waals surface area contributed by atoms with Gasteiger partial charge in [0.15, 0.2) is 0 Å². The molecule has 0 aliphatic carbocycles. The molecule has 1 saturated heterocycles. The predicted octanol–water partition coefficient (Wildman–Crippen LogP) is 1.44. The Morgan fingerprint density at radius 3 is 3.00 bits per heavy atom. The highest BCUT2D eigenvalue weighted by Crippen LogP contribution is 2.31. The highest BCUT2D eigenvalue weighted by molar-refractivity contribution is 5.80. The first-order valence-electron chi connectivity index (χ1n) is 6.95. The van der Waals surface area contributed by atoms with Crippen LogP contribution >= 0.6 is 0 Å². The number of aryl methyl sites for hydroxylation is 1. The molecule has 6 heteroatoms. The third kappa shape index (κ3) is 2.80. The molecule has 0 bridgehead atoms. The van der Waals surface area contributed by atoms with Crippen molar-refractivity contribution in [3.63, 3.8) is 0 Å². The molecule has 3 rings (SSSR count). The van der Waals surface area contributed by atoms with E-state index >= 15 is 0 Å². The van der Waals surface area contributed by atoms with Gasteiger partial charge in [0.2, 0.25) is 11.8 Å². The zero-order chi connectivity index (χ0) is 14.8. The van der Waals surface area contributed by atoms with Crippen molar-refractivity contribution in [1.82, 2.24) is 20.2 Å². The van der Waals surface area contributed by atoms with Crippen LogP contribution in [0.3, 0.4) is 0 Å². The number of likely N-dealkylation sites (N-methyl/N-ethyl adjacent to an activating group) is 1. The zero-order valence-corrected chi connectivity index (χ0v) is 12.1. The van der Waals surface area contributed by atoms with Crippen LogP contribution in [0.2, 0.25) is 0 Å². The smallest absolute Gasteiger partial charge is 0.224 e. The molecule has 21 heavy (non-hydrogen) atoms. The number of aromatic nitrogens is 2. The van der Waals surface area contributed by atoms with E-state index < -0.39 is 0 Å². The molecule has 1 amide bonds. The second kappa shape index (κ2) is 5.65. The summed E-state index contributed by atoms with van der Waals surface area (Å²) in [6, 6.07) is 3.90. The molecule has 0 unspecified atom stereocenters. The van der Waals surface area contributed by atoms with Crippen molar-refractivity contribution in [3.05, 3.63) is 47.9 Å². The maximum Gasteiger partial charge on any atom is 0.224 e. The van der Waals surface area contributed by atoms with Gasteiger partial charge in [0.05, 0.1) is 18.8 Å². The Balaban J connectivity index is 1.75. The highest BCUT2D eigenvalue weighted by atomic mass is 16.4. The predicted molar refractivity (Wildman–Crippen MR) is 76.2 cm³/mol. The van der Waals surface area contributed by atoms with Gasteiger partial charge in [0, 0.05) is 31.9 Å². The van der Waals surface area contributed by atoms with E-state index in [9.17, 15) is 4.79 Å². The third-order valence-corrected chi connectivity index (χ3v) is 3.80. The quantitative estimate of drug-likeness (QED) is 0.921. The lowest BCUT2D eigenvalue weighted by molar-refractivity contribution is -0.127. The number of pyridine rings is 1. The van der Waals surface area contributed by atoms with Gasteiger partial charge in [-0.05, 0) is 18.6 Å². The standard InChI is InChI=1S/C15H18N4O2/c1-10-7-18-13(21-10)9-17-12-6-14(20)19(2)15(12)11-4-3-5-16-8-11/h3-5,7-8,12,15,17H,6,9H2,1-2H3/t12-,15+/m1/s1. The number of carbonyl (C=O) groups excluding carboxylic acids is 1. The summed E-state index contributed by atoms with van der Waals surface area (Å²) in [5, 5.41) is 3.37. The van der Waals surface area contributed by atoms with Gasteiger partial charge in [0.25, 0.3) is 0 Å². The number of nitrogens with zero attached hydrogens (tertiary/aromatic N) is 3. The Morgan fingerprint density at radius 1 is 1.48 bits per heavy atom. The first-order chi connectivity index (χ1) is 10.1. The number of likely N-dealkylation sites (tertiary alicyclic amines) is 1. The van der Waals surface area contributed by atoms with E-state index in [0.29, 0.717) is 18.9 Å². The number of amides is 1. The van der Waals surface area contributed by atoms with Gasteiger partial charge in [-0.3, -0.25) is 9.78 Å². The molecule has 0 saturated carbocycles. The van der Waals surface area contributed by atoms with Crippen molar-refractivity contribution in [2.45, 2.75) is 32.0 Å². The van der Waals surface area contributed by atoms with E-state index in [-0.39, 0.29) is 18.0 Å². The van der Waals surface area contributed by atoms with Crippen molar-refractivity contribution >= 4 is 5.91 Å². The number of hydrogen-bond donors (Lipinski definition) is 1. The van der Waals surface area contributed by atoms with Gasteiger partial charge >= 0.3 is 0 Å². The van der Waals surface area contributed by atoms with E-state index in [0.717, 1.165) is 11.3 Å². The molecule has 1 fully saturated rings. The van der Waals surface area contributed by atoms with Gasteiger partial charge in [-0.15, -0.1) is 0 Å². The molecule has 2 atom stereocenters. The van der Waals surface area contributed by atoms with E-state index in [1.807, 2.05) is 32.3 Å². The molecule has 0 spiro atoms. The molecular weight excluding hydrogens is 268 g/mol. The highest BCUT2D eigenvalue weighted by Gasteiger charge is 2.38. The minimum atomic E-state index is -0.0118. The largest absolute Gasteiger partial charge is 0.445 e. The van der Waals surface area contributed by atoms with Crippen LogP contribution in [0.4, 0.5) is 0 Å². The van der Waals surface area contributed by atoms with Crippen LogP contribution in [0, 0.1) is 6.92 Å². The molecule has 1 aliphatic heterocycles. The van der Waals surface area contributed by atoms with Crippen LogP contribution in [0.15, 0.2) is 35.1 Å². The lowest BCUT2D eigenvalue weighted by Crippen LogP contribution is -2.34. The molecule has 110 valence electrons. The maximum atomic E-state index is 12.0. The Bertz CT molecular complexity index is 626. The topological polar surface area (TPSA) is 71.3 Å². The fourth-order valence-electron chi connectivity index (χ4n) is 2.76. The molecule has 1 N–H and O–H groups in total. The summed E-state index contributed by atoms with van der Waals surface area (Å²) in [7, 11) is 1.83. The average Bonchev–Trinajstić information content (AvgIpc) is 3.02. The van der Waals surface area contributed by atoms with Gasteiger partial charge < -0.3 is 14.6 Å². The Morgan fingerprint density at radius 2 is 2.33 bits per heavy atom. The summed E-state index contributed by atoms with van der Waals surface area (Å²) in [6.45, 7) is 2.37. The minimum Gasteiger partial charge on any atom is -0.445 e. The lowest BCUT2D eigenvalue weighted by atomic mass is 10.0. The second-order valence-electron chi connectivity index (χ2n) is 5.29. The van der Waals surface area contributed by atoms with Gasteiger partial charge in [0.1, 0.15) is 5.76 Å². The number of oxazole rings is 1. The molecule has 0 radical (unpaired) electrons. The summed E-state index contributed by atoms with van der Waals surface area (Å²) < 4.78 is 5.45. The Hall–Kier alpha value is -2.21. The molecule has 2 aromatic heterocycles. The van der Waals surface area contributed by atoms with Crippen molar-refractivity contribution in [2.24, 2.45) is 0 Å². The average molecular weight is 286 g/mol. The van der Waals surface area contributed by atoms with E-state index in [4.69, 9.17) is 4.42 Å². The summed E-state index contributed by atoms with van der Waals surface area (Å²) in [5.74, 6) is 1.56. The summed E-state index contributed by atoms with van der Waals surface area (Å²) in [4.78, 5) is 22.1. The first-order valence-corrected chi connectivity index (χ1v) is 6.95. The van der Waals surface area contributed by atoms with Gasteiger partial charge in [-0.25, -0.2) is 4.98 Å². The Kier molecular flexibility index (Phi) is 3.70. The van der Waals surface area contributed by atoms with Crippen LogP contribution in [-0.2, 0) is 11.3 Å². The monoisotopic (exact) mass is 286 g/mol. The Labute approximate surface area is 123 Å². The fourth-order valence-corrected chi connectivity index (χ4v) is 2.76. The summed E-state index contributed by atoms with van der Waals surface area (Å²) in [5.41, 5.74) is 1.03. The molecular formula is C15H18N4O2. The van der Waals surface area contributed by atoms with Crippen molar-refractivity contribution in [3.8, 4) is 0 Å². The van der Waals surface area contributed by atoms with Crippen LogP contribution < -0.4 is 5.32 Å². The molecule has 2 aromatic rings. The van der Waals surface area contributed by atoms with Crippen LogP contribution in [0.1, 0.15) is 29.7 Å². The normalized spacial score (nSPS) is 22.0. The zero-order valence-electron chi connectivity index (χ0n) is 12.1. The molecule has 6 nitrogen and oxygen atoms in total. The van der Waals surface area contributed by atoms with Crippen molar-refractivity contribution < 1.29 is 9.21 Å². The van der Waals surface area contributed by atoms with Crippen LogP contribution in [0.25, 0.3) is 0 Å². The SMILES string of the molecule is Cc1cnc(CN[C@@H]2CC(=O)N(C)[C@H]2c2cccnc2)o1. The fraction of sp³-hybridized carbons (Fsp3) is 0.400. The first kappa shape index (κ1) is 13.8. The molecule has 1 aliphatic rings. The van der Waals surface area contributed by atoms with Crippen LogP contribution in [0.5, 0.6) is 0 Å². The van der Waals surface area contributed by atoms with Gasteiger partial charge in [-0.1, -0.05) is 6.07 Å². The van der Waals surface area contributed by atoms with Gasteiger partial charge in [-0.2, -0.15) is 0 Å². The number of carbonyl (C=O) groups is 1. The van der Waals surface area contributed by atoms with E-state index in [1.54, 1.807) is 17.3 Å². The summed E-state index contributed by atoms with van der Waals surface area (Å²) in [6.07, 6.45) is 5.71. The number of hydrogen-bond acceptors (Lipinski definition) is 5. The minimum absolute atomic E-state index is 0.0118. The number of rotatable bonds is 4. The second-order valence-corrected chi connectivity index (χ2v) is 5.29. The van der Waals surface area contributed by atoms with Crippen molar-refractivity contribution in [1.29, 1.82) is 0 Å². The van der Waals surface area contributed by atoms with Crippen molar-refractivity contribution in [2.75, 3.05) is 7.05 Å².